The zero-order valence-corrected chi connectivity index (χ0v) is 14.5. The molecule has 120 valence electrons. The van der Waals surface area contributed by atoms with E-state index in [2.05, 4.69) is 53.9 Å². The van der Waals surface area contributed by atoms with Crippen LogP contribution in [0, 0.1) is 0 Å². The number of anilines is 1. The average molecular weight is 333 g/mol. The summed E-state index contributed by atoms with van der Waals surface area (Å²) in [6.07, 6.45) is 1.42. The van der Waals surface area contributed by atoms with Gasteiger partial charge in [0, 0.05) is 23.4 Å². The second kappa shape index (κ2) is 6.25. The number of hydrogen-bond donors (Lipinski definition) is 0. The molecule has 1 amide bonds. The lowest BCUT2D eigenvalue weighted by Gasteiger charge is -2.24. The van der Waals surface area contributed by atoms with Crippen molar-refractivity contribution >= 4 is 22.9 Å². The van der Waals surface area contributed by atoms with Gasteiger partial charge in [0.1, 0.15) is 0 Å². The summed E-state index contributed by atoms with van der Waals surface area (Å²) in [5.41, 5.74) is 6.25. The van der Waals surface area contributed by atoms with Gasteiger partial charge in [-0.3, -0.25) is 4.79 Å². The molecule has 4 rings (SSSR count). The first-order valence-electron chi connectivity index (χ1n) is 8.31. The molecule has 0 atom stereocenters. The largest absolute Gasteiger partial charge is 0.307 e. The van der Waals surface area contributed by atoms with Crippen LogP contribution >= 0.6 is 11.3 Å². The van der Waals surface area contributed by atoms with E-state index in [1.807, 2.05) is 17.9 Å². The highest BCUT2D eigenvalue weighted by Gasteiger charge is 2.25. The third-order valence-corrected chi connectivity index (χ3v) is 5.48. The van der Waals surface area contributed by atoms with E-state index in [1.165, 1.54) is 27.1 Å². The maximum atomic E-state index is 12.6. The van der Waals surface area contributed by atoms with Crippen molar-refractivity contribution in [3.8, 4) is 11.1 Å². The van der Waals surface area contributed by atoms with Crippen molar-refractivity contribution < 1.29 is 4.79 Å². The highest BCUT2D eigenvalue weighted by atomic mass is 32.1. The normalized spacial score (nSPS) is 11.9. The van der Waals surface area contributed by atoms with Crippen molar-refractivity contribution in [2.75, 3.05) is 4.90 Å². The summed E-state index contributed by atoms with van der Waals surface area (Å²) in [5.74, 6) is 0.174. The fourth-order valence-electron chi connectivity index (χ4n) is 3.45. The van der Waals surface area contributed by atoms with Gasteiger partial charge in [-0.1, -0.05) is 49.4 Å². The fraction of sp³-hybridized carbons (Fsp3) is 0.190. The van der Waals surface area contributed by atoms with Crippen LogP contribution in [0.1, 0.15) is 29.3 Å². The fourth-order valence-corrected chi connectivity index (χ4v) is 4.14. The minimum absolute atomic E-state index is 0.174. The van der Waals surface area contributed by atoms with Crippen molar-refractivity contribution in [3.05, 3.63) is 76.0 Å². The van der Waals surface area contributed by atoms with E-state index in [1.54, 1.807) is 11.3 Å². The molecule has 0 spiro atoms. The number of hydrogen-bond acceptors (Lipinski definition) is 2. The van der Waals surface area contributed by atoms with E-state index in [0.29, 0.717) is 13.0 Å². The Hall–Kier alpha value is -2.39. The maximum absolute atomic E-state index is 12.6. The van der Waals surface area contributed by atoms with Crippen LogP contribution < -0.4 is 4.90 Å². The molecule has 3 heteroatoms. The number of nitrogens with zero attached hydrogens (tertiary/aromatic N) is 1. The molecule has 1 aliphatic carbocycles. The third kappa shape index (κ3) is 2.55. The van der Waals surface area contributed by atoms with E-state index < -0.39 is 0 Å². The molecular formula is C21H19NOS. The molecule has 0 radical (unpaired) electrons. The lowest BCUT2D eigenvalue weighted by Crippen LogP contribution is -2.30. The first-order valence-corrected chi connectivity index (χ1v) is 9.19. The highest BCUT2D eigenvalue weighted by Crippen LogP contribution is 2.41. The number of amides is 1. The summed E-state index contributed by atoms with van der Waals surface area (Å²) < 4.78 is 0. The average Bonchev–Trinajstić information content (AvgIpc) is 3.26. The molecule has 0 bridgehead atoms. The summed E-state index contributed by atoms with van der Waals surface area (Å²) in [4.78, 5) is 15.8. The van der Waals surface area contributed by atoms with E-state index in [-0.39, 0.29) is 5.91 Å². The van der Waals surface area contributed by atoms with Gasteiger partial charge in [-0.15, -0.1) is 11.3 Å². The standard InChI is InChI=1S/C21H19NOS/c1-2-21(23)22(14-16-8-6-12-24-16)20-11-5-10-18-17-9-4-3-7-15(17)13-19(18)20/h3-12H,2,13-14H2,1H3. The van der Waals surface area contributed by atoms with Crippen LogP contribution in [0.15, 0.2) is 60.0 Å². The van der Waals surface area contributed by atoms with Crippen LogP contribution in [0.4, 0.5) is 5.69 Å². The molecular weight excluding hydrogens is 314 g/mol. The van der Waals surface area contributed by atoms with Gasteiger partial charge in [0.2, 0.25) is 5.91 Å². The molecule has 1 heterocycles. The highest BCUT2D eigenvalue weighted by molar-refractivity contribution is 7.09. The molecule has 2 aromatic carbocycles. The summed E-state index contributed by atoms with van der Waals surface area (Å²) in [6.45, 7) is 2.58. The van der Waals surface area contributed by atoms with Crippen molar-refractivity contribution in [1.82, 2.24) is 0 Å². The van der Waals surface area contributed by atoms with Crippen LogP contribution in [-0.4, -0.2) is 5.91 Å². The van der Waals surface area contributed by atoms with Crippen LogP contribution in [0.2, 0.25) is 0 Å². The van der Waals surface area contributed by atoms with Gasteiger partial charge >= 0.3 is 0 Å². The Morgan fingerprint density at radius 3 is 2.67 bits per heavy atom. The van der Waals surface area contributed by atoms with E-state index in [4.69, 9.17) is 0 Å². The molecule has 1 aliphatic rings. The third-order valence-electron chi connectivity index (χ3n) is 4.61. The molecule has 0 N–H and O–H groups in total. The summed E-state index contributed by atoms with van der Waals surface area (Å²) in [5, 5.41) is 2.06. The van der Waals surface area contributed by atoms with Crippen molar-refractivity contribution in [3.63, 3.8) is 0 Å². The predicted octanol–water partition coefficient (Wildman–Crippen LogP) is 5.26. The topological polar surface area (TPSA) is 20.3 Å². The Morgan fingerprint density at radius 1 is 1.04 bits per heavy atom. The van der Waals surface area contributed by atoms with Crippen LogP contribution in [0.5, 0.6) is 0 Å². The Balaban J connectivity index is 1.79. The van der Waals surface area contributed by atoms with Crippen molar-refractivity contribution in [2.24, 2.45) is 0 Å². The van der Waals surface area contributed by atoms with Gasteiger partial charge in [-0.05, 0) is 39.8 Å². The number of carbonyl (C=O) groups excluding carboxylic acids is 1. The summed E-state index contributed by atoms with van der Waals surface area (Å²) >= 11 is 1.70. The quantitative estimate of drug-likeness (QED) is 0.499. The van der Waals surface area contributed by atoms with Crippen LogP contribution in [0.25, 0.3) is 11.1 Å². The first kappa shape index (κ1) is 15.2. The van der Waals surface area contributed by atoms with Gasteiger partial charge in [0.15, 0.2) is 0 Å². The predicted molar refractivity (Wildman–Crippen MR) is 100 cm³/mol. The molecule has 2 nitrogen and oxygen atoms in total. The lowest BCUT2D eigenvalue weighted by molar-refractivity contribution is -0.118. The molecule has 0 fully saturated rings. The minimum Gasteiger partial charge on any atom is -0.307 e. The molecule has 1 aromatic heterocycles. The molecule has 3 aromatic rings. The smallest absolute Gasteiger partial charge is 0.227 e. The molecule has 24 heavy (non-hydrogen) atoms. The van der Waals surface area contributed by atoms with Gasteiger partial charge in [-0.2, -0.15) is 0 Å². The Morgan fingerprint density at radius 2 is 1.88 bits per heavy atom. The number of rotatable bonds is 4. The van der Waals surface area contributed by atoms with Gasteiger partial charge in [-0.25, -0.2) is 0 Å². The van der Waals surface area contributed by atoms with Crippen molar-refractivity contribution in [2.45, 2.75) is 26.3 Å². The van der Waals surface area contributed by atoms with Gasteiger partial charge in [0.05, 0.1) is 6.54 Å². The van der Waals surface area contributed by atoms with E-state index in [9.17, 15) is 4.79 Å². The Kier molecular flexibility index (Phi) is 3.95. The van der Waals surface area contributed by atoms with Crippen molar-refractivity contribution in [1.29, 1.82) is 0 Å². The minimum atomic E-state index is 0.174. The molecule has 0 unspecified atom stereocenters. The van der Waals surface area contributed by atoms with E-state index in [0.717, 1.165) is 12.1 Å². The SMILES string of the molecule is CCC(=O)N(Cc1cccs1)c1cccc2c1Cc1ccccc1-2. The number of carbonyl (C=O) groups is 1. The zero-order chi connectivity index (χ0) is 16.5. The molecule has 0 saturated heterocycles. The number of thiophene rings is 1. The number of fused-ring (bicyclic) bond motifs is 3. The Labute approximate surface area is 146 Å². The van der Waals surface area contributed by atoms with E-state index >= 15 is 0 Å². The van der Waals surface area contributed by atoms with Crippen LogP contribution in [-0.2, 0) is 17.8 Å². The lowest BCUT2D eigenvalue weighted by atomic mass is 10.0. The zero-order valence-electron chi connectivity index (χ0n) is 13.7. The monoisotopic (exact) mass is 333 g/mol. The van der Waals surface area contributed by atoms with Gasteiger partial charge < -0.3 is 4.90 Å². The van der Waals surface area contributed by atoms with Crippen LogP contribution in [0.3, 0.4) is 0 Å². The van der Waals surface area contributed by atoms with Gasteiger partial charge in [0.25, 0.3) is 0 Å². The summed E-state index contributed by atoms with van der Waals surface area (Å²) in [7, 11) is 0. The number of benzene rings is 2. The summed E-state index contributed by atoms with van der Waals surface area (Å²) in [6, 6.07) is 19.0. The Bertz CT molecular complexity index is 883. The first-order chi connectivity index (χ1) is 11.8. The molecule has 0 saturated carbocycles. The second-order valence-corrected chi connectivity index (χ2v) is 7.08. The molecule has 0 aliphatic heterocycles. The maximum Gasteiger partial charge on any atom is 0.227 e. The second-order valence-electron chi connectivity index (χ2n) is 6.05.